The van der Waals surface area contributed by atoms with Gasteiger partial charge in [0.2, 0.25) is 0 Å². The highest BCUT2D eigenvalue weighted by atomic mass is 16.5. The summed E-state index contributed by atoms with van der Waals surface area (Å²) < 4.78 is 12.4. The molecule has 2 aliphatic heterocycles. The van der Waals surface area contributed by atoms with Crippen molar-refractivity contribution in [1.82, 2.24) is 0 Å². The predicted octanol–water partition coefficient (Wildman–Crippen LogP) is 6.59. The van der Waals surface area contributed by atoms with Crippen molar-refractivity contribution in [2.75, 3.05) is 12.4 Å². The molecule has 0 saturated heterocycles. The summed E-state index contributed by atoms with van der Waals surface area (Å²) in [5.74, 6) is 2.41. The van der Waals surface area contributed by atoms with Crippen molar-refractivity contribution in [3.63, 3.8) is 0 Å². The second-order valence-electron chi connectivity index (χ2n) is 9.04. The monoisotopic (exact) mass is 375 g/mol. The van der Waals surface area contributed by atoms with Crippen LogP contribution in [-0.2, 0) is 0 Å². The molecule has 1 fully saturated rings. The van der Waals surface area contributed by atoms with Crippen LogP contribution in [0.1, 0.15) is 63.7 Å². The molecule has 0 aromatic heterocycles. The molecule has 146 valence electrons. The highest BCUT2D eigenvalue weighted by Crippen LogP contribution is 2.55. The number of nitrogens with one attached hydrogen (secondary N) is 1. The molecule has 1 saturated carbocycles. The number of anilines is 1. The maximum absolute atomic E-state index is 6.72. The minimum absolute atomic E-state index is 0.0424. The normalized spacial score (nSPS) is 22.3. The topological polar surface area (TPSA) is 30.5 Å². The van der Waals surface area contributed by atoms with E-state index in [9.17, 15) is 0 Å². The molecule has 5 rings (SSSR count). The lowest BCUT2D eigenvalue weighted by atomic mass is 9.78. The average Bonchev–Trinajstić information content (AvgIpc) is 3.19. The predicted molar refractivity (Wildman–Crippen MR) is 115 cm³/mol. The average molecular weight is 376 g/mol. The van der Waals surface area contributed by atoms with Gasteiger partial charge in [-0.1, -0.05) is 31.1 Å². The van der Waals surface area contributed by atoms with E-state index in [1.807, 2.05) is 12.1 Å². The number of rotatable bonds is 2. The van der Waals surface area contributed by atoms with Crippen LogP contribution < -0.4 is 14.8 Å². The van der Waals surface area contributed by atoms with E-state index in [4.69, 9.17) is 9.47 Å². The molecule has 1 aliphatic carbocycles. The molecule has 1 unspecified atom stereocenters. The first-order chi connectivity index (χ1) is 13.5. The van der Waals surface area contributed by atoms with Crippen LogP contribution in [0.15, 0.2) is 36.4 Å². The molecule has 1 N–H and O–H groups in total. The van der Waals surface area contributed by atoms with Crippen LogP contribution in [0.25, 0.3) is 16.7 Å². The molecule has 0 spiro atoms. The molecule has 2 aromatic rings. The zero-order valence-electron chi connectivity index (χ0n) is 17.3. The highest BCUT2D eigenvalue weighted by molar-refractivity contribution is 5.91. The summed E-state index contributed by atoms with van der Waals surface area (Å²) in [6.07, 6.45) is 7.56. The summed E-state index contributed by atoms with van der Waals surface area (Å²) in [4.78, 5) is 0. The van der Waals surface area contributed by atoms with Gasteiger partial charge in [0, 0.05) is 22.7 Å². The van der Waals surface area contributed by atoms with E-state index in [-0.39, 0.29) is 11.6 Å². The molecular formula is C25H29NO2. The zero-order valence-corrected chi connectivity index (χ0v) is 17.3. The Kier molecular flexibility index (Phi) is 3.97. The zero-order chi connectivity index (χ0) is 19.5. The van der Waals surface area contributed by atoms with Crippen molar-refractivity contribution >= 4 is 11.3 Å². The number of fused-ring (bicyclic) bond motifs is 5. The van der Waals surface area contributed by atoms with Gasteiger partial charge in [-0.2, -0.15) is 0 Å². The lowest BCUT2D eigenvalue weighted by molar-refractivity contribution is 0.134. The Hall–Kier alpha value is -2.42. The van der Waals surface area contributed by atoms with Gasteiger partial charge in [0.1, 0.15) is 17.6 Å². The first kappa shape index (κ1) is 17.7. The summed E-state index contributed by atoms with van der Waals surface area (Å²) in [6, 6.07) is 10.7. The third-order valence-electron chi connectivity index (χ3n) is 6.52. The van der Waals surface area contributed by atoms with E-state index >= 15 is 0 Å². The fourth-order valence-corrected chi connectivity index (χ4v) is 5.49. The highest BCUT2D eigenvalue weighted by Gasteiger charge is 2.39. The number of benzene rings is 2. The Labute approximate surface area is 167 Å². The van der Waals surface area contributed by atoms with E-state index in [0.717, 1.165) is 17.1 Å². The molecule has 0 bridgehead atoms. The molecule has 2 aromatic carbocycles. The van der Waals surface area contributed by atoms with Gasteiger partial charge in [-0.05, 0) is 62.9 Å². The summed E-state index contributed by atoms with van der Waals surface area (Å²) in [6.45, 7) is 6.69. The number of allylic oxidation sites excluding steroid dienone is 1. The summed E-state index contributed by atoms with van der Waals surface area (Å²) in [7, 11) is 1.74. The van der Waals surface area contributed by atoms with Crippen molar-refractivity contribution in [1.29, 1.82) is 0 Å². The first-order valence-electron chi connectivity index (χ1n) is 10.5. The summed E-state index contributed by atoms with van der Waals surface area (Å²) in [5.41, 5.74) is 7.54. The van der Waals surface area contributed by atoms with Gasteiger partial charge in [0.25, 0.3) is 0 Å². The van der Waals surface area contributed by atoms with Gasteiger partial charge < -0.3 is 14.8 Å². The van der Waals surface area contributed by atoms with E-state index in [2.05, 4.69) is 50.4 Å². The molecular weight excluding hydrogens is 346 g/mol. The van der Waals surface area contributed by atoms with Gasteiger partial charge in [-0.25, -0.2) is 0 Å². The second kappa shape index (κ2) is 6.30. The van der Waals surface area contributed by atoms with E-state index in [0.29, 0.717) is 5.92 Å². The van der Waals surface area contributed by atoms with Gasteiger partial charge in [0.05, 0.1) is 18.2 Å². The Morgan fingerprint density at radius 1 is 1.07 bits per heavy atom. The van der Waals surface area contributed by atoms with Crippen LogP contribution in [0.2, 0.25) is 0 Å². The largest absolute Gasteiger partial charge is 0.496 e. The SMILES string of the molecule is COc1cccc2c1-c1ccc3c(c1C(C1CCCC1)O2)C(C)=CC(C)(C)N3. The maximum Gasteiger partial charge on any atom is 0.131 e. The fraction of sp³-hybridized carbons (Fsp3) is 0.440. The quantitative estimate of drug-likeness (QED) is 0.642. The standard InChI is InChI=1S/C25H29NO2/c1-15-14-25(2,3)26-18-13-12-17-22-19(27-4)10-7-11-20(22)28-24(23(17)21(15)18)16-8-5-6-9-16/h7,10-14,16,24,26H,5-6,8-9H2,1-4H3. The van der Waals surface area contributed by atoms with Crippen molar-refractivity contribution < 1.29 is 9.47 Å². The Morgan fingerprint density at radius 2 is 1.86 bits per heavy atom. The van der Waals surface area contributed by atoms with Crippen LogP contribution in [-0.4, -0.2) is 12.6 Å². The van der Waals surface area contributed by atoms with Gasteiger partial charge in [0.15, 0.2) is 0 Å². The number of ether oxygens (including phenoxy) is 2. The van der Waals surface area contributed by atoms with Crippen LogP contribution in [0.3, 0.4) is 0 Å². The summed E-state index contributed by atoms with van der Waals surface area (Å²) in [5, 5.41) is 3.72. The van der Waals surface area contributed by atoms with Crippen molar-refractivity contribution in [2.24, 2.45) is 5.92 Å². The Morgan fingerprint density at radius 3 is 2.61 bits per heavy atom. The lowest BCUT2D eigenvalue weighted by Gasteiger charge is -2.39. The fourth-order valence-electron chi connectivity index (χ4n) is 5.49. The Bertz CT molecular complexity index is 967. The van der Waals surface area contributed by atoms with Gasteiger partial charge in [-0.3, -0.25) is 0 Å². The maximum atomic E-state index is 6.72. The smallest absolute Gasteiger partial charge is 0.131 e. The number of methoxy groups -OCH3 is 1. The molecule has 28 heavy (non-hydrogen) atoms. The second-order valence-corrected chi connectivity index (χ2v) is 9.04. The molecule has 2 heterocycles. The molecule has 1 atom stereocenters. The van der Waals surface area contributed by atoms with Gasteiger partial charge in [-0.15, -0.1) is 0 Å². The minimum atomic E-state index is -0.0424. The molecule has 3 aliphatic rings. The lowest BCUT2D eigenvalue weighted by Crippen LogP contribution is -2.33. The Balaban J connectivity index is 1.78. The van der Waals surface area contributed by atoms with Crippen molar-refractivity contribution in [3.8, 4) is 22.6 Å². The van der Waals surface area contributed by atoms with Crippen LogP contribution in [0, 0.1) is 5.92 Å². The molecule has 3 heteroatoms. The van der Waals surface area contributed by atoms with E-state index in [1.54, 1.807) is 7.11 Å². The van der Waals surface area contributed by atoms with Crippen LogP contribution in [0.4, 0.5) is 5.69 Å². The van der Waals surface area contributed by atoms with Crippen LogP contribution >= 0.6 is 0 Å². The van der Waals surface area contributed by atoms with Gasteiger partial charge >= 0.3 is 0 Å². The third kappa shape index (κ3) is 2.63. The van der Waals surface area contributed by atoms with Crippen LogP contribution in [0.5, 0.6) is 11.5 Å². The number of hydrogen-bond donors (Lipinski definition) is 1. The minimum Gasteiger partial charge on any atom is -0.496 e. The molecule has 3 nitrogen and oxygen atoms in total. The number of hydrogen-bond acceptors (Lipinski definition) is 3. The molecule has 0 amide bonds. The van der Waals surface area contributed by atoms with E-state index in [1.165, 1.54) is 53.6 Å². The first-order valence-corrected chi connectivity index (χ1v) is 10.5. The van der Waals surface area contributed by atoms with Crippen molar-refractivity contribution in [2.45, 2.75) is 58.1 Å². The van der Waals surface area contributed by atoms with Crippen molar-refractivity contribution in [3.05, 3.63) is 47.5 Å². The third-order valence-corrected chi connectivity index (χ3v) is 6.52. The molecule has 0 radical (unpaired) electrons. The summed E-state index contributed by atoms with van der Waals surface area (Å²) >= 11 is 0. The van der Waals surface area contributed by atoms with E-state index < -0.39 is 0 Å².